The van der Waals surface area contributed by atoms with Crippen LogP contribution in [0, 0.1) is 0 Å². The molecule has 1 fully saturated rings. The predicted octanol–water partition coefficient (Wildman–Crippen LogP) is 0.836. The molecule has 0 saturated carbocycles. The van der Waals surface area contributed by atoms with Crippen LogP contribution < -0.4 is 10.9 Å². The van der Waals surface area contributed by atoms with Gasteiger partial charge in [0.2, 0.25) is 0 Å². The van der Waals surface area contributed by atoms with Crippen LogP contribution in [0.25, 0.3) is 0 Å². The molecule has 2 atom stereocenters. The van der Waals surface area contributed by atoms with Gasteiger partial charge in [-0.2, -0.15) is 0 Å². The highest BCUT2D eigenvalue weighted by molar-refractivity contribution is 5.83. The summed E-state index contributed by atoms with van der Waals surface area (Å²) in [6.07, 6.45) is 0. The van der Waals surface area contributed by atoms with Crippen molar-refractivity contribution < 1.29 is 4.79 Å². The molecule has 0 radical (unpaired) electrons. The number of benzene rings is 1. The number of Topliss-reactive ketones (excluding diaryl/α,β-unsaturated/α-hetero) is 1. The van der Waals surface area contributed by atoms with Gasteiger partial charge in [0.05, 0.1) is 6.04 Å². The van der Waals surface area contributed by atoms with E-state index in [1.807, 2.05) is 18.2 Å². The molecule has 0 bridgehead atoms. The summed E-state index contributed by atoms with van der Waals surface area (Å²) in [5.41, 5.74) is 7.25. The highest BCUT2D eigenvalue weighted by Crippen LogP contribution is 2.22. The summed E-state index contributed by atoms with van der Waals surface area (Å²) in [5.74, 6) is 0.442. The minimum atomic E-state index is -0.0857. The predicted molar refractivity (Wildman–Crippen MR) is 54.8 cm³/mol. The number of carbonyl (C=O) groups excluding carboxylic acids is 1. The Morgan fingerprint density at radius 1 is 1.36 bits per heavy atom. The third-order valence-corrected chi connectivity index (χ3v) is 2.65. The Labute approximate surface area is 83.5 Å². The molecule has 0 aliphatic carbocycles. The molecule has 14 heavy (non-hydrogen) atoms. The first kappa shape index (κ1) is 9.37. The summed E-state index contributed by atoms with van der Waals surface area (Å²) in [6.45, 7) is 2.44. The quantitative estimate of drug-likeness (QED) is 0.726. The first-order chi connectivity index (χ1) is 6.79. The Kier molecular flexibility index (Phi) is 2.61. The van der Waals surface area contributed by atoms with Crippen LogP contribution in [0.4, 0.5) is 0 Å². The van der Waals surface area contributed by atoms with E-state index in [2.05, 4.69) is 23.0 Å². The van der Waals surface area contributed by atoms with Gasteiger partial charge in [0.1, 0.15) is 5.78 Å². The van der Waals surface area contributed by atoms with Crippen LogP contribution in [0.5, 0.6) is 0 Å². The van der Waals surface area contributed by atoms with Crippen LogP contribution in [0.3, 0.4) is 0 Å². The van der Waals surface area contributed by atoms with Gasteiger partial charge in [-0.05, 0) is 12.5 Å². The molecular weight excluding hydrogens is 176 g/mol. The molecule has 1 heterocycles. The van der Waals surface area contributed by atoms with Crippen LogP contribution in [0.1, 0.15) is 18.4 Å². The van der Waals surface area contributed by atoms with Crippen molar-refractivity contribution in [3.05, 3.63) is 35.9 Å². The lowest BCUT2D eigenvalue weighted by atomic mass is 9.91. The Hall–Kier alpha value is -1.19. The fraction of sp³-hybridized carbons (Fsp3) is 0.364. The molecule has 3 nitrogen and oxygen atoms in total. The zero-order chi connectivity index (χ0) is 9.97. The Bertz CT molecular complexity index is 323. The summed E-state index contributed by atoms with van der Waals surface area (Å²) >= 11 is 0. The van der Waals surface area contributed by atoms with Gasteiger partial charge >= 0.3 is 0 Å². The maximum atomic E-state index is 11.3. The summed E-state index contributed by atoms with van der Waals surface area (Å²) in [6, 6.07) is 10.0. The van der Waals surface area contributed by atoms with Crippen LogP contribution in [-0.4, -0.2) is 18.4 Å². The number of rotatable bonds is 2. The Morgan fingerprint density at radius 3 is 2.71 bits per heavy atom. The molecule has 2 N–H and O–H groups in total. The Morgan fingerprint density at radius 2 is 2.07 bits per heavy atom. The van der Waals surface area contributed by atoms with Gasteiger partial charge < -0.3 is 0 Å². The second kappa shape index (κ2) is 3.90. The van der Waals surface area contributed by atoms with Crippen LogP contribution in [-0.2, 0) is 4.79 Å². The standard InChI is InChI=1S/C11H14N2O/c1-8(14)11-10(7-12-13-11)9-5-3-2-4-6-9/h2-6,10-13H,7H2,1H3. The van der Waals surface area contributed by atoms with Crippen LogP contribution >= 0.6 is 0 Å². The average Bonchev–Trinajstić information content (AvgIpc) is 2.67. The third kappa shape index (κ3) is 1.69. The SMILES string of the molecule is CC(=O)C1NNCC1c1ccccc1. The van der Waals surface area contributed by atoms with Crippen molar-refractivity contribution in [2.45, 2.75) is 18.9 Å². The van der Waals surface area contributed by atoms with Crippen molar-refractivity contribution in [1.29, 1.82) is 0 Å². The third-order valence-electron chi connectivity index (χ3n) is 2.65. The minimum Gasteiger partial charge on any atom is -0.298 e. The van der Waals surface area contributed by atoms with E-state index < -0.39 is 0 Å². The van der Waals surface area contributed by atoms with E-state index in [4.69, 9.17) is 0 Å². The summed E-state index contributed by atoms with van der Waals surface area (Å²) in [5, 5.41) is 0. The van der Waals surface area contributed by atoms with E-state index in [-0.39, 0.29) is 17.7 Å². The number of carbonyl (C=O) groups is 1. The van der Waals surface area contributed by atoms with Crippen molar-refractivity contribution in [2.75, 3.05) is 6.54 Å². The molecule has 1 aromatic carbocycles. The van der Waals surface area contributed by atoms with Gasteiger partial charge in [0.25, 0.3) is 0 Å². The zero-order valence-corrected chi connectivity index (χ0v) is 8.16. The summed E-state index contributed by atoms with van der Waals surface area (Å²) in [7, 11) is 0. The van der Waals surface area contributed by atoms with E-state index in [0.717, 1.165) is 6.54 Å². The van der Waals surface area contributed by atoms with E-state index in [1.54, 1.807) is 6.92 Å². The van der Waals surface area contributed by atoms with Crippen molar-refractivity contribution in [3.63, 3.8) is 0 Å². The molecule has 1 saturated heterocycles. The van der Waals surface area contributed by atoms with Gasteiger partial charge in [-0.1, -0.05) is 30.3 Å². The lowest BCUT2D eigenvalue weighted by Gasteiger charge is -2.15. The average molecular weight is 190 g/mol. The Balaban J connectivity index is 2.22. The number of hydrazine groups is 1. The number of nitrogens with one attached hydrogen (secondary N) is 2. The topological polar surface area (TPSA) is 41.1 Å². The zero-order valence-electron chi connectivity index (χ0n) is 8.16. The lowest BCUT2D eigenvalue weighted by molar-refractivity contribution is -0.119. The number of hydrogen-bond donors (Lipinski definition) is 2. The van der Waals surface area contributed by atoms with Gasteiger partial charge in [0.15, 0.2) is 0 Å². The normalized spacial score (nSPS) is 26.4. The molecule has 0 aromatic heterocycles. The fourth-order valence-corrected chi connectivity index (χ4v) is 1.89. The van der Waals surface area contributed by atoms with Gasteiger partial charge in [-0.15, -0.1) is 0 Å². The fourth-order valence-electron chi connectivity index (χ4n) is 1.89. The summed E-state index contributed by atoms with van der Waals surface area (Å²) < 4.78 is 0. The molecule has 74 valence electrons. The maximum Gasteiger partial charge on any atom is 0.148 e. The van der Waals surface area contributed by atoms with Crippen LogP contribution in [0.2, 0.25) is 0 Å². The minimum absolute atomic E-state index is 0.0857. The first-order valence-corrected chi connectivity index (χ1v) is 4.83. The van der Waals surface area contributed by atoms with Crippen molar-refractivity contribution in [2.24, 2.45) is 0 Å². The maximum absolute atomic E-state index is 11.3. The monoisotopic (exact) mass is 190 g/mol. The number of ketones is 1. The van der Waals surface area contributed by atoms with Crippen molar-refractivity contribution in [1.82, 2.24) is 10.9 Å². The van der Waals surface area contributed by atoms with Crippen LogP contribution in [0.15, 0.2) is 30.3 Å². The van der Waals surface area contributed by atoms with Gasteiger partial charge in [-0.3, -0.25) is 10.2 Å². The van der Waals surface area contributed by atoms with E-state index in [9.17, 15) is 4.79 Å². The second-order valence-corrected chi connectivity index (χ2v) is 3.63. The molecule has 2 rings (SSSR count). The molecule has 1 aliphatic rings. The summed E-state index contributed by atoms with van der Waals surface area (Å²) in [4.78, 5) is 11.3. The van der Waals surface area contributed by atoms with E-state index >= 15 is 0 Å². The molecule has 0 spiro atoms. The van der Waals surface area contributed by atoms with Crippen molar-refractivity contribution in [3.8, 4) is 0 Å². The molecule has 2 unspecified atom stereocenters. The first-order valence-electron chi connectivity index (χ1n) is 4.83. The van der Waals surface area contributed by atoms with Gasteiger partial charge in [0, 0.05) is 12.5 Å². The van der Waals surface area contributed by atoms with E-state index in [0.29, 0.717) is 0 Å². The molecule has 1 aromatic rings. The van der Waals surface area contributed by atoms with Crippen molar-refractivity contribution >= 4 is 5.78 Å². The molecule has 1 aliphatic heterocycles. The van der Waals surface area contributed by atoms with E-state index in [1.165, 1.54) is 5.56 Å². The molecule has 0 amide bonds. The second-order valence-electron chi connectivity index (χ2n) is 3.63. The highest BCUT2D eigenvalue weighted by Gasteiger charge is 2.31. The molecular formula is C11H14N2O. The highest BCUT2D eigenvalue weighted by atomic mass is 16.1. The largest absolute Gasteiger partial charge is 0.298 e. The smallest absolute Gasteiger partial charge is 0.148 e. The number of hydrogen-bond acceptors (Lipinski definition) is 3. The molecule has 3 heteroatoms. The van der Waals surface area contributed by atoms with Gasteiger partial charge in [-0.25, -0.2) is 5.43 Å². The lowest BCUT2D eigenvalue weighted by Crippen LogP contribution is -2.36.